The molecule has 0 aliphatic carbocycles. The predicted octanol–water partition coefficient (Wildman–Crippen LogP) is 5.02. The van der Waals surface area contributed by atoms with E-state index in [-0.39, 0.29) is 11.9 Å². The van der Waals surface area contributed by atoms with Crippen LogP contribution in [0.4, 0.5) is 0 Å². The van der Waals surface area contributed by atoms with Gasteiger partial charge in [-0.2, -0.15) is 0 Å². The molecule has 1 aromatic rings. The Morgan fingerprint density at radius 1 is 1.19 bits per heavy atom. The number of allylic oxidation sites excluding steroid dienone is 1. The summed E-state index contributed by atoms with van der Waals surface area (Å²) in [5.41, 5.74) is 3.81. The number of aryl methyl sites for hydroxylation is 1. The lowest BCUT2D eigenvalue weighted by molar-refractivity contribution is -0.146. The van der Waals surface area contributed by atoms with Gasteiger partial charge >= 0.3 is 5.97 Å². The molecule has 116 valence electrons. The highest BCUT2D eigenvalue weighted by atomic mass is 16.5. The van der Waals surface area contributed by atoms with Gasteiger partial charge < -0.3 is 4.74 Å². The third kappa shape index (κ3) is 6.61. The summed E-state index contributed by atoms with van der Waals surface area (Å²) >= 11 is 0. The van der Waals surface area contributed by atoms with Gasteiger partial charge in [0.15, 0.2) is 0 Å². The first kappa shape index (κ1) is 17.5. The number of hydrogen-bond donors (Lipinski definition) is 0. The van der Waals surface area contributed by atoms with Gasteiger partial charge in [-0.25, -0.2) is 0 Å². The van der Waals surface area contributed by atoms with Crippen LogP contribution < -0.4 is 0 Å². The fraction of sp³-hybridized carbons (Fsp3) is 0.526. The minimum absolute atomic E-state index is 0.0561. The zero-order valence-corrected chi connectivity index (χ0v) is 14.0. The smallest absolute Gasteiger partial charge is 0.308 e. The lowest BCUT2D eigenvalue weighted by Gasteiger charge is -2.11. The van der Waals surface area contributed by atoms with Gasteiger partial charge in [-0.1, -0.05) is 56.7 Å². The molecule has 0 saturated carbocycles. The van der Waals surface area contributed by atoms with Crippen molar-refractivity contribution < 1.29 is 9.53 Å². The van der Waals surface area contributed by atoms with E-state index in [9.17, 15) is 4.79 Å². The topological polar surface area (TPSA) is 26.3 Å². The van der Waals surface area contributed by atoms with Crippen molar-refractivity contribution in [1.29, 1.82) is 0 Å². The van der Waals surface area contributed by atoms with Crippen LogP contribution in [0, 0.1) is 12.8 Å². The second kappa shape index (κ2) is 8.66. The summed E-state index contributed by atoms with van der Waals surface area (Å²) < 4.78 is 5.21. The summed E-state index contributed by atoms with van der Waals surface area (Å²) in [5, 5.41) is 0. The van der Waals surface area contributed by atoms with Crippen LogP contribution in [0.1, 0.15) is 57.6 Å². The molecule has 0 bridgehead atoms. The van der Waals surface area contributed by atoms with E-state index in [1.54, 1.807) is 0 Å². The van der Waals surface area contributed by atoms with Crippen LogP contribution in [-0.4, -0.2) is 12.6 Å². The first-order valence-corrected chi connectivity index (χ1v) is 7.79. The van der Waals surface area contributed by atoms with Crippen molar-refractivity contribution >= 4 is 5.97 Å². The van der Waals surface area contributed by atoms with Crippen molar-refractivity contribution in [3.05, 3.63) is 47.0 Å². The van der Waals surface area contributed by atoms with Crippen LogP contribution in [0.2, 0.25) is 0 Å². The molecule has 0 aliphatic heterocycles. The highest BCUT2D eigenvalue weighted by Gasteiger charge is 2.08. The number of hydrogen-bond acceptors (Lipinski definition) is 2. The molecule has 21 heavy (non-hydrogen) atoms. The van der Waals surface area contributed by atoms with Gasteiger partial charge in [0.25, 0.3) is 0 Å². The number of carbonyl (C=O) groups excluding carboxylic acids is 1. The Morgan fingerprint density at radius 3 is 2.38 bits per heavy atom. The van der Waals surface area contributed by atoms with Gasteiger partial charge in [0.05, 0.1) is 5.92 Å². The Bertz CT molecular complexity index is 469. The predicted molar refractivity (Wildman–Crippen MR) is 88.4 cm³/mol. The van der Waals surface area contributed by atoms with Crippen LogP contribution in [-0.2, 0) is 9.53 Å². The molecular weight excluding hydrogens is 260 g/mol. The van der Waals surface area contributed by atoms with Crippen molar-refractivity contribution in [1.82, 2.24) is 0 Å². The average molecular weight is 288 g/mol. The average Bonchev–Trinajstić information content (AvgIpc) is 2.45. The molecule has 0 radical (unpaired) electrons. The second-order valence-corrected chi connectivity index (χ2v) is 6.20. The first-order valence-electron chi connectivity index (χ1n) is 7.79. The maximum Gasteiger partial charge on any atom is 0.308 e. The lowest BCUT2D eigenvalue weighted by Crippen LogP contribution is -2.12. The number of rotatable bonds is 7. The Kier molecular flexibility index (Phi) is 7.21. The fourth-order valence-electron chi connectivity index (χ4n) is 2.05. The molecule has 1 aromatic carbocycles. The summed E-state index contributed by atoms with van der Waals surface area (Å²) in [6, 6.07) is 8.75. The molecule has 0 aliphatic rings. The molecule has 2 heteroatoms. The molecular formula is C19H28O2. The van der Waals surface area contributed by atoms with Gasteiger partial charge in [-0.3, -0.25) is 4.79 Å². The molecule has 1 atom stereocenters. The molecule has 0 amide bonds. The maximum absolute atomic E-state index is 11.4. The third-order valence-electron chi connectivity index (χ3n) is 3.65. The quantitative estimate of drug-likeness (QED) is 0.520. The first-order chi connectivity index (χ1) is 9.90. The highest BCUT2D eigenvalue weighted by molar-refractivity contribution is 5.71. The van der Waals surface area contributed by atoms with E-state index in [0.717, 1.165) is 18.4 Å². The summed E-state index contributed by atoms with van der Waals surface area (Å²) in [6.07, 6.45) is 4.30. The van der Waals surface area contributed by atoms with Gasteiger partial charge in [0.1, 0.15) is 6.61 Å². The number of benzene rings is 1. The van der Waals surface area contributed by atoms with E-state index in [1.807, 2.05) is 20.8 Å². The largest absolute Gasteiger partial charge is 0.461 e. The van der Waals surface area contributed by atoms with Crippen LogP contribution in [0.25, 0.3) is 0 Å². The summed E-state index contributed by atoms with van der Waals surface area (Å²) in [5.74, 6) is 0.364. The Labute approximate surface area is 129 Å². The van der Waals surface area contributed by atoms with Crippen LogP contribution >= 0.6 is 0 Å². The summed E-state index contributed by atoms with van der Waals surface area (Å²) in [7, 11) is 0. The molecule has 0 spiro atoms. The van der Waals surface area contributed by atoms with Crippen molar-refractivity contribution in [3.63, 3.8) is 0 Å². The molecule has 0 fully saturated rings. The van der Waals surface area contributed by atoms with Gasteiger partial charge in [0, 0.05) is 0 Å². The molecule has 0 heterocycles. The van der Waals surface area contributed by atoms with Crippen molar-refractivity contribution in [2.45, 2.75) is 53.4 Å². The third-order valence-corrected chi connectivity index (χ3v) is 3.65. The van der Waals surface area contributed by atoms with E-state index in [1.165, 1.54) is 11.1 Å². The molecule has 1 unspecified atom stereocenters. The monoisotopic (exact) mass is 288 g/mol. The summed E-state index contributed by atoms with van der Waals surface area (Å²) in [6.45, 7) is 10.5. The minimum Gasteiger partial charge on any atom is -0.461 e. The highest BCUT2D eigenvalue weighted by Crippen LogP contribution is 2.21. The van der Waals surface area contributed by atoms with Gasteiger partial charge in [0.2, 0.25) is 0 Å². The van der Waals surface area contributed by atoms with Crippen LogP contribution in [0.15, 0.2) is 35.9 Å². The lowest BCUT2D eigenvalue weighted by atomic mass is 9.95. The van der Waals surface area contributed by atoms with Crippen molar-refractivity contribution in [2.24, 2.45) is 5.92 Å². The van der Waals surface area contributed by atoms with E-state index in [0.29, 0.717) is 12.5 Å². The minimum atomic E-state index is -0.129. The van der Waals surface area contributed by atoms with Gasteiger partial charge in [-0.15, -0.1) is 0 Å². The standard InChI is InChI=1S/C19H28O2/c1-14(2)19(20)21-13-16(4)7-6-8-17(5)18-11-9-15(3)10-12-18/h7,9-12,14,17H,6,8,13H2,1-5H3. The van der Waals surface area contributed by atoms with Crippen LogP contribution in [0.5, 0.6) is 0 Å². The normalized spacial score (nSPS) is 13.3. The molecule has 1 rings (SSSR count). The van der Waals surface area contributed by atoms with E-state index >= 15 is 0 Å². The second-order valence-electron chi connectivity index (χ2n) is 6.20. The molecule has 0 N–H and O–H groups in total. The molecule has 0 saturated heterocycles. The van der Waals surface area contributed by atoms with Gasteiger partial charge in [-0.05, 0) is 43.7 Å². The van der Waals surface area contributed by atoms with E-state index in [2.05, 4.69) is 44.2 Å². The Morgan fingerprint density at radius 2 is 1.81 bits per heavy atom. The number of esters is 1. The maximum atomic E-state index is 11.4. The van der Waals surface area contributed by atoms with E-state index in [4.69, 9.17) is 4.74 Å². The Balaban J connectivity index is 2.35. The molecule has 0 aromatic heterocycles. The Hall–Kier alpha value is -1.57. The SMILES string of the molecule is CC(=CCCC(C)c1ccc(C)cc1)COC(=O)C(C)C. The van der Waals surface area contributed by atoms with Crippen LogP contribution in [0.3, 0.4) is 0 Å². The zero-order chi connectivity index (χ0) is 15.8. The van der Waals surface area contributed by atoms with Crippen molar-refractivity contribution in [2.75, 3.05) is 6.61 Å². The fourth-order valence-corrected chi connectivity index (χ4v) is 2.05. The summed E-state index contributed by atoms with van der Waals surface area (Å²) in [4.78, 5) is 11.4. The van der Waals surface area contributed by atoms with E-state index < -0.39 is 0 Å². The number of carbonyl (C=O) groups is 1. The van der Waals surface area contributed by atoms with Crippen molar-refractivity contribution in [3.8, 4) is 0 Å². The number of ether oxygens (including phenoxy) is 1. The zero-order valence-electron chi connectivity index (χ0n) is 14.0. The molecule has 2 nitrogen and oxygen atoms in total.